The quantitative estimate of drug-likeness (QED) is 0.787. The van der Waals surface area contributed by atoms with E-state index in [0.29, 0.717) is 12.2 Å². The summed E-state index contributed by atoms with van der Waals surface area (Å²) >= 11 is 0. The summed E-state index contributed by atoms with van der Waals surface area (Å²) in [6.45, 7) is 4.10. The Hall–Kier alpha value is -2.60. The van der Waals surface area contributed by atoms with Crippen molar-refractivity contribution in [3.05, 3.63) is 64.7 Å². The SMILES string of the molecule is O=c1n(CCN2CCNCc3ccccc32)nc2ccccn12. The highest BCUT2D eigenvalue weighted by molar-refractivity contribution is 5.54. The van der Waals surface area contributed by atoms with Gasteiger partial charge in [0.2, 0.25) is 0 Å². The van der Waals surface area contributed by atoms with Crippen LogP contribution in [-0.4, -0.2) is 33.8 Å². The summed E-state index contributed by atoms with van der Waals surface area (Å²) in [4.78, 5) is 14.7. The maximum atomic E-state index is 12.3. The van der Waals surface area contributed by atoms with Gasteiger partial charge in [-0.1, -0.05) is 24.3 Å². The first-order valence-electron chi connectivity index (χ1n) is 7.91. The molecule has 0 atom stereocenters. The first-order chi connectivity index (χ1) is 11.3. The first-order valence-corrected chi connectivity index (χ1v) is 7.91. The lowest BCUT2D eigenvalue weighted by atomic mass is 10.1. The summed E-state index contributed by atoms with van der Waals surface area (Å²) in [5, 5.41) is 7.84. The molecule has 0 amide bonds. The number of aromatic nitrogens is 3. The van der Waals surface area contributed by atoms with Gasteiger partial charge in [-0.25, -0.2) is 9.48 Å². The summed E-state index contributed by atoms with van der Waals surface area (Å²) in [5.41, 5.74) is 3.15. The van der Waals surface area contributed by atoms with Crippen LogP contribution in [0.25, 0.3) is 5.65 Å². The molecule has 3 aromatic rings. The number of nitrogens with one attached hydrogen (secondary N) is 1. The Labute approximate surface area is 134 Å². The Morgan fingerprint density at radius 2 is 1.96 bits per heavy atom. The van der Waals surface area contributed by atoms with Crippen LogP contribution in [0.4, 0.5) is 5.69 Å². The lowest BCUT2D eigenvalue weighted by molar-refractivity contribution is 0.574. The van der Waals surface area contributed by atoms with E-state index in [4.69, 9.17) is 0 Å². The molecule has 0 fully saturated rings. The lowest BCUT2D eigenvalue weighted by Gasteiger charge is -2.24. The number of nitrogens with zero attached hydrogens (tertiary/aromatic N) is 4. The minimum Gasteiger partial charge on any atom is -0.368 e. The van der Waals surface area contributed by atoms with Crippen LogP contribution in [0.3, 0.4) is 0 Å². The molecule has 4 rings (SSSR count). The molecule has 3 heterocycles. The van der Waals surface area contributed by atoms with E-state index in [2.05, 4.69) is 39.6 Å². The molecule has 6 nitrogen and oxygen atoms in total. The topological polar surface area (TPSA) is 54.6 Å². The fourth-order valence-electron chi connectivity index (χ4n) is 3.09. The molecule has 0 unspecified atom stereocenters. The third-order valence-corrected chi connectivity index (χ3v) is 4.28. The van der Waals surface area contributed by atoms with Gasteiger partial charge in [0.25, 0.3) is 0 Å². The van der Waals surface area contributed by atoms with Gasteiger partial charge in [-0.3, -0.25) is 4.40 Å². The zero-order valence-corrected chi connectivity index (χ0v) is 12.9. The van der Waals surface area contributed by atoms with E-state index < -0.39 is 0 Å². The largest absolute Gasteiger partial charge is 0.368 e. The van der Waals surface area contributed by atoms with E-state index in [0.717, 1.165) is 26.2 Å². The summed E-state index contributed by atoms with van der Waals surface area (Å²) < 4.78 is 3.13. The Morgan fingerprint density at radius 3 is 2.87 bits per heavy atom. The molecule has 0 saturated carbocycles. The van der Waals surface area contributed by atoms with Gasteiger partial charge in [0.1, 0.15) is 0 Å². The average Bonchev–Trinajstić information content (AvgIpc) is 2.78. The number of anilines is 1. The van der Waals surface area contributed by atoms with Crippen molar-refractivity contribution in [2.24, 2.45) is 0 Å². The number of hydrogen-bond donors (Lipinski definition) is 1. The number of rotatable bonds is 3. The minimum atomic E-state index is -0.0816. The summed E-state index contributed by atoms with van der Waals surface area (Å²) in [7, 11) is 0. The molecule has 0 bridgehead atoms. The van der Waals surface area contributed by atoms with Gasteiger partial charge in [-0.15, -0.1) is 5.10 Å². The molecule has 0 aliphatic carbocycles. The highest BCUT2D eigenvalue weighted by Gasteiger charge is 2.15. The van der Waals surface area contributed by atoms with Crippen molar-refractivity contribution in [3.8, 4) is 0 Å². The Morgan fingerprint density at radius 1 is 1.09 bits per heavy atom. The molecule has 1 aromatic carbocycles. The lowest BCUT2D eigenvalue weighted by Crippen LogP contribution is -2.34. The van der Waals surface area contributed by atoms with E-state index >= 15 is 0 Å². The van der Waals surface area contributed by atoms with Crippen molar-refractivity contribution in [3.63, 3.8) is 0 Å². The average molecular weight is 309 g/mol. The summed E-state index contributed by atoms with van der Waals surface area (Å²) in [5.74, 6) is 0. The molecule has 2 aromatic heterocycles. The molecule has 0 saturated heterocycles. The molecule has 6 heteroatoms. The van der Waals surface area contributed by atoms with Crippen LogP contribution in [0.5, 0.6) is 0 Å². The molecule has 23 heavy (non-hydrogen) atoms. The van der Waals surface area contributed by atoms with E-state index in [1.54, 1.807) is 15.3 Å². The van der Waals surface area contributed by atoms with E-state index in [1.807, 2.05) is 18.2 Å². The number of para-hydroxylation sites is 1. The monoisotopic (exact) mass is 309 g/mol. The van der Waals surface area contributed by atoms with Crippen molar-refractivity contribution in [1.29, 1.82) is 0 Å². The van der Waals surface area contributed by atoms with Gasteiger partial charge < -0.3 is 10.2 Å². The maximum Gasteiger partial charge on any atom is 0.350 e. The van der Waals surface area contributed by atoms with Crippen molar-refractivity contribution in [2.45, 2.75) is 13.1 Å². The second-order valence-corrected chi connectivity index (χ2v) is 5.73. The third kappa shape index (κ3) is 2.61. The van der Waals surface area contributed by atoms with Crippen LogP contribution in [-0.2, 0) is 13.1 Å². The Bertz CT molecular complexity index is 882. The minimum absolute atomic E-state index is 0.0816. The molecule has 1 N–H and O–H groups in total. The molecule has 1 aliphatic heterocycles. The predicted octanol–water partition coefficient (Wildman–Crippen LogP) is 1.11. The zero-order valence-electron chi connectivity index (χ0n) is 12.9. The van der Waals surface area contributed by atoms with Crippen LogP contribution in [0, 0.1) is 0 Å². The molecule has 118 valence electrons. The van der Waals surface area contributed by atoms with E-state index in [9.17, 15) is 4.79 Å². The van der Waals surface area contributed by atoms with Gasteiger partial charge in [-0.05, 0) is 23.8 Å². The number of pyridine rings is 1. The summed E-state index contributed by atoms with van der Waals surface area (Å²) in [6, 6.07) is 14.0. The second kappa shape index (κ2) is 5.89. The van der Waals surface area contributed by atoms with Crippen LogP contribution in [0.1, 0.15) is 5.56 Å². The number of fused-ring (bicyclic) bond motifs is 2. The highest BCUT2D eigenvalue weighted by Crippen LogP contribution is 2.21. The number of hydrogen-bond acceptors (Lipinski definition) is 4. The third-order valence-electron chi connectivity index (χ3n) is 4.28. The molecule has 0 spiro atoms. The van der Waals surface area contributed by atoms with Gasteiger partial charge in [0, 0.05) is 38.1 Å². The number of benzene rings is 1. The van der Waals surface area contributed by atoms with Gasteiger partial charge >= 0.3 is 5.69 Å². The van der Waals surface area contributed by atoms with Crippen LogP contribution in [0.2, 0.25) is 0 Å². The van der Waals surface area contributed by atoms with Crippen molar-refractivity contribution in [1.82, 2.24) is 19.5 Å². The maximum absolute atomic E-state index is 12.3. The van der Waals surface area contributed by atoms with E-state index in [-0.39, 0.29) is 5.69 Å². The summed E-state index contributed by atoms with van der Waals surface area (Å²) in [6.07, 6.45) is 1.76. The van der Waals surface area contributed by atoms with Crippen LogP contribution in [0.15, 0.2) is 53.5 Å². The molecule has 1 aliphatic rings. The molecule has 0 radical (unpaired) electrons. The fraction of sp³-hybridized carbons (Fsp3) is 0.294. The standard InChI is InChI=1S/C17H19N5O/c23-17-21-9-4-3-7-16(21)19-22(17)12-11-20-10-8-18-13-14-5-1-2-6-15(14)20/h1-7,9,18H,8,10-13H2. The second-order valence-electron chi connectivity index (χ2n) is 5.73. The van der Waals surface area contributed by atoms with Crippen LogP contribution >= 0.6 is 0 Å². The Kier molecular flexibility index (Phi) is 3.59. The molecular weight excluding hydrogens is 290 g/mol. The smallest absolute Gasteiger partial charge is 0.350 e. The zero-order chi connectivity index (χ0) is 15.6. The normalized spacial score (nSPS) is 14.7. The van der Waals surface area contributed by atoms with Crippen molar-refractivity contribution in [2.75, 3.05) is 24.5 Å². The van der Waals surface area contributed by atoms with Crippen LogP contribution < -0.4 is 15.9 Å². The first kappa shape index (κ1) is 14.0. The van der Waals surface area contributed by atoms with Gasteiger partial charge in [0.05, 0.1) is 6.54 Å². The van der Waals surface area contributed by atoms with Crippen molar-refractivity contribution < 1.29 is 0 Å². The van der Waals surface area contributed by atoms with Gasteiger partial charge in [-0.2, -0.15) is 0 Å². The molecular formula is C17H19N5O. The highest BCUT2D eigenvalue weighted by atomic mass is 16.2. The predicted molar refractivity (Wildman–Crippen MR) is 89.8 cm³/mol. The van der Waals surface area contributed by atoms with E-state index in [1.165, 1.54) is 11.3 Å². The Balaban J connectivity index is 1.58. The van der Waals surface area contributed by atoms with Crippen molar-refractivity contribution >= 4 is 11.3 Å². The van der Waals surface area contributed by atoms with Gasteiger partial charge in [0.15, 0.2) is 5.65 Å². The fourth-order valence-corrected chi connectivity index (χ4v) is 3.09.